The number of rotatable bonds is 1. The second kappa shape index (κ2) is 4.02. The van der Waals surface area contributed by atoms with E-state index in [4.69, 9.17) is 10.5 Å². The van der Waals surface area contributed by atoms with Crippen molar-refractivity contribution in [3.8, 4) is 16.9 Å². The molecule has 1 aliphatic rings. The Kier molecular flexibility index (Phi) is 2.56. The smallest absolute Gasteiger partial charge is 0.123 e. The Balaban J connectivity index is 2.16. The zero-order chi connectivity index (χ0) is 13.6. The fourth-order valence-electron chi connectivity index (χ4n) is 2.65. The quantitative estimate of drug-likeness (QED) is 0.782. The summed E-state index contributed by atoms with van der Waals surface area (Å²) in [7, 11) is 0. The lowest BCUT2D eigenvalue weighted by atomic mass is 9.85. The Morgan fingerprint density at radius 3 is 2.74 bits per heavy atom. The molecule has 0 bridgehead atoms. The molecule has 0 spiro atoms. The lowest BCUT2D eigenvalue weighted by Crippen LogP contribution is -2.18. The molecule has 1 heterocycles. The molecule has 0 aliphatic carbocycles. The number of ether oxygens (including phenoxy) is 1. The van der Waals surface area contributed by atoms with Crippen molar-refractivity contribution in [2.45, 2.75) is 26.2 Å². The maximum absolute atomic E-state index is 6.00. The molecule has 1 aliphatic heterocycles. The van der Waals surface area contributed by atoms with E-state index >= 15 is 0 Å². The van der Waals surface area contributed by atoms with Crippen molar-refractivity contribution >= 4 is 5.69 Å². The van der Waals surface area contributed by atoms with Crippen molar-refractivity contribution in [1.82, 2.24) is 0 Å². The van der Waals surface area contributed by atoms with Gasteiger partial charge >= 0.3 is 0 Å². The summed E-state index contributed by atoms with van der Waals surface area (Å²) in [6, 6.07) is 12.5. The fraction of sp³-hybridized carbons (Fsp3) is 0.294. The first-order valence-electron chi connectivity index (χ1n) is 6.62. The third-order valence-electron chi connectivity index (χ3n) is 3.98. The minimum Gasteiger partial charge on any atom is -0.492 e. The van der Waals surface area contributed by atoms with Crippen LogP contribution in [0.1, 0.15) is 25.0 Å². The van der Waals surface area contributed by atoms with Crippen molar-refractivity contribution < 1.29 is 4.74 Å². The lowest BCUT2D eigenvalue weighted by molar-refractivity contribution is 0.291. The summed E-state index contributed by atoms with van der Waals surface area (Å²) < 4.78 is 5.73. The number of anilines is 1. The van der Waals surface area contributed by atoms with Gasteiger partial charge in [0, 0.05) is 16.7 Å². The van der Waals surface area contributed by atoms with E-state index in [1.54, 1.807) is 0 Å². The largest absolute Gasteiger partial charge is 0.492 e. The molecule has 19 heavy (non-hydrogen) atoms. The summed E-state index contributed by atoms with van der Waals surface area (Å²) in [5.41, 5.74) is 11.8. The summed E-state index contributed by atoms with van der Waals surface area (Å²) in [4.78, 5) is 0. The van der Waals surface area contributed by atoms with Crippen molar-refractivity contribution in [1.29, 1.82) is 0 Å². The molecule has 0 saturated heterocycles. The standard InChI is InChI=1S/C17H19NO/c1-11-13(5-4-6-15(11)18)12-7-8-16-14(9-12)17(2,3)10-19-16/h4-9H,10,18H2,1-3H3. The maximum Gasteiger partial charge on any atom is 0.123 e. The van der Waals surface area contributed by atoms with Crippen molar-refractivity contribution in [2.24, 2.45) is 0 Å². The highest BCUT2D eigenvalue weighted by Crippen LogP contribution is 2.41. The fourth-order valence-corrected chi connectivity index (χ4v) is 2.65. The van der Waals surface area contributed by atoms with E-state index in [1.165, 1.54) is 16.7 Å². The predicted octanol–water partition coefficient (Wildman–Crippen LogP) is 3.91. The second-order valence-electron chi connectivity index (χ2n) is 5.90. The molecular weight excluding hydrogens is 234 g/mol. The molecule has 0 saturated carbocycles. The molecule has 0 fully saturated rings. The summed E-state index contributed by atoms with van der Waals surface area (Å²) in [6.45, 7) is 7.25. The molecule has 2 aromatic carbocycles. The number of nitrogen functional groups attached to an aromatic ring is 1. The van der Waals surface area contributed by atoms with Gasteiger partial charge in [-0.25, -0.2) is 0 Å². The van der Waals surface area contributed by atoms with Gasteiger partial charge in [-0.1, -0.05) is 32.0 Å². The molecule has 3 rings (SSSR count). The topological polar surface area (TPSA) is 35.2 Å². The number of hydrogen-bond donors (Lipinski definition) is 1. The van der Waals surface area contributed by atoms with Gasteiger partial charge in [-0.05, 0) is 41.8 Å². The number of hydrogen-bond acceptors (Lipinski definition) is 2. The average Bonchev–Trinajstić information content (AvgIpc) is 2.69. The zero-order valence-electron chi connectivity index (χ0n) is 11.7. The molecule has 0 radical (unpaired) electrons. The maximum atomic E-state index is 6.00. The highest BCUT2D eigenvalue weighted by Gasteiger charge is 2.31. The van der Waals surface area contributed by atoms with Gasteiger partial charge in [-0.2, -0.15) is 0 Å². The van der Waals surface area contributed by atoms with Gasteiger partial charge < -0.3 is 10.5 Å². The highest BCUT2D eigenvalue weighted by molar-refractivity contribution is 5.74. The first-order valence-corrected chi connectivity index (χ1v) is 6.62. The Hall–Kier alpha value is -1.96. The third kappa shape index (κ3) is 1.88. The first kappa shape index (κ1) is 12.1. The van der Waals surface area contributed by atoms with Crippen molar-refractivity contribution in [2.75, 3.05) is 12.3 Å². The van der Waals surface area contributed by atoms with Gasteiger partial charge in [-0.3, -0.25) is 0 Å². The molecule has 0 unspecified atom stereocenters. The normalized spacial score (nSPS) is 15.9. The van der Waals surface area contributed by atoms with E-state index in [-0.39, 0.29) is 5.41 Å². The van der Waals surface area contributed by atoms with E-state index in [0.717, 1.165) is 23.6 Å². The van der Waals surface area contributed by atoms with Crippen LogP contribution in [0.3, 0.4) is 0 Å². The van der Waals surface area contributed by atoms with Crippen LogP contribution in [0.25, 0.3) is 11.1 Å². The van der Waals surface area contributed by atoms with Crippen LogP contribution in [-0.4, -0.2) is 6.61 Å². The minimum absolute atomic E-state index is 0.0829. The minimum atomic E-state index is 0.0829. The zero-order valence-corrected chi connectivity index (χ0v) is 11.7. The SMILES string of the molecule is Cc1c(N)cccc1-c1ccc2c(c1)C(C)(C)CO2. The molecule has 2 heteroatoms. The summed E-state index contributed by atoms with van der Waals surface area (Å²) in [5, 5.41) is 0. The Morgan fingerprint density at radius 1 is 1.16 bits per heavy atom. The number of fused-ring (bicyclic) bond motifs is 1. The Bertz CT molecular complexity index is 644. The van der Waals surface area contributed by atoms with Crippen LogP contribution < -0.4 is 10.5 Å². The van der Waals surface area contributed by atoms with E-state index in [9.17, 15) is 0 Å². The van der Waals surface area contributed by atoms with Gasteiger partial charge in [0.25, 0.3) is 0 Å². The van der Waals surface area contributed by atoms with Gasteiger partial charge in [0.05, 0.1) is 6.61 Å². The number of nitrogens with two attached hydrogens (primary N) is 1. The molecule has 0 atom stereocenters. The number of benzene rings is 2. The third-order valence-corrected chi connectivity index (χ3v) is 3.98. The predicted molar refractivity (Wildman–Crippen MR) is 79.5 cm³/mol. The lowest BCUT2D eigenvalue weighted by Gasteiger charge is -2.16. The molecule has 2 N–H and O–H groups in total. The van der Waals surface area contributed by atoms with Crippen LogP contribution in [-0.2, 0) is 5.41 Å². The average molecular weight is 253 g/mol. The summed E-state index contributed by atoms with van der Waals surface area (Å²) in [6.07, 6.45) is 0. The molecule has 2 nitrogen and oxygen atoms in total. The van der Waals surface area contributed by atoms with E-state index in [1.807, 2.05) is 12.1 Å². The van der Waals surface area contributed by atoms with Crippen LogP contribution in [0.15, 0.2) is 36.4 Å². The Morgan fingerprint density at radius 2 is 1.95 bits per heavy atom. The van der Waals surface area contributed by atoms with Gasteiger partial charge in [0.15, 0.2) is 0 Å². The van der Waals surface area contributed by atoms with Gasteiger partial charge in [-0.15, -0.1) is 0 Å². The molecular formula is C17H19NO. The van der Waals surface area contributed by atoms with Crippen LogP contribution in [0.2, 0.25) is 0 Å². The van der Waals surface area contributed by atoms with Crippen LogP contribution in [0.5, 0.6) is 5.75 Å². The highest BCUT2D eigenvalue weighted by atomic mass is 16.5. The van der Waals surface area contributed by atoms with E-state index in [0.29, 0.717) is 0 Å². The first-order chi connectivity index (χ1) is 8.99. The summed E-state index contributed by atoms with van der Waals surface area (Å²) >= 11 is 0. The van der Waals surface area contributed by atoms with Crippen LogP contribution >= 0.6 is 0 Å². The van der Waals surface area contributed by atoms with Gasteiger partial charge in [0.1, 0.15) is 5.75 Å². The monoisotopic (exact) mass is 253 g/mol. The van der Waals surface area contributed by atoms with E-state index in [2.05, 4.69) is 45.0 Å². The van der Waals surface area contributed by atoms with Gasteiger partial charge in [0.2, 0.25) is 0 Å². The van der Waals surface area contributed by atoms with E-state index < -0.39 is 0 Å². The van der Waals surface area contributed by atoms with Crippen LogP contribution in [0, 0.1) is 6.92 Å². The Labute approximate surface area is 114 Å². The molecule has 2 aromatic rings. The van der Waals surface area contributed by atoms with Crippen molar-refractivity contribution in [3.63, 3.8) is 0 Å². The second-order valence-corrected chi connectivity index (χ2v) is 5.90. The summed E-state index contributed by atoms with van der Waals surface area (Å²) in [5.74, 6) is 1.01. The molecule has 0 amide bonds. The van der Waals surface area contributed by atoms with Crippen molar-refractivity contribution in [3.05, 3.63) is 47.5 Å². The molecule has 98 valence electrons. The van der Waals surface area contributed by atoms with Crippen LogP contribution in [0.4, 0.5) is 5.69 Å². The molecule has 0 aromatic heterocycles.